The van der Waals surface area contributed by atoms with E-state index >= 15 is 0 Å². The van der Waals surface area contributed by atoms with Gasteiger partial charge in [-0.1, -0.05) is 108 Å². The lowest BCUT2D eigenvalue weighted by Crippen LogP contribution is -3.00. The zero-order chi connectivity index (χ0) is 25.1. The zero-order valence-electron chi connectivity index (χ0n) is 23.7. The zero-order valence-corrected chi connectivity index (χ0v) is 26.1. The van der Waals surface area contributed by atoms with Crippen molar-refractivity contribution in [3.8, 4) is 0 Å². The van der Waals surface area contributed by atoms with Crippen LogP contribution in [0.4, 0.5) is 0 Å². The predicted octanol–water partition coefficient (Wildman–Crippen LogP) is 5.52. The van der Waals surface area contributed by atoms with Crippen molar-refractivity contribution in [3.05, 3.63) is 17.1 Å². The Morgan fingerprint density at radius 2 is 1.11 bits per heavy atom. The third-order valence-electron chi connectivity index (χ3n) is 6.63. The van der Waals surface area contributed by atoms with Crippen LogP contribution in [-0.2, 0) is 20.8 Å². The summed E-state index contributed by atoms with van der Waals surface area (Å²) in [5.41, 5.74) is 2.18. The monoisotopic (exact) mass is 591 g/mol. The van der Waals surface area contributed by atoms with Gasteiger partial charge in [0.1, 0.15) is 12.6 Å². The van der Waals surface area contributed by atoms with Crippen molar-refractivity contribution in [3.63, 3.8) is 0 Å². The molecule has 1 rings (SSSR count). The number of nitrogens with zero attached hydrogens (tertiary/aromatic N) is 1. The summed E-state index contributed by atoms with van der Waals surface area (Å²) in [6, 6.07) is 0. The number of halogens is 1. The number of hydrogen-bond donors (Lipinski definition) is 0. The van der Waals surface area contributed by atoms with Crippen molar-refractivity contribution in [1.29, 1.82) is 0 Å². The Labute approximate surface area is 238 Å². The van der Waals surface area contributed by atoms with Gasteiger partial charge in [0.05, 0.1) is 18.6 Å². The molecule has 0 spiro atoms. The topological polar surface area (TPSA) is 31.6 Å². The van der Waals surface area contributed by atoms with Gasteiger partial charge in [0.25, 0.3) is 0 Å². The fourth-order valence-corrected chi connectivity index (χ4v) is 5.08. The molecule has 1 atom stereocenters. The molecule has 0 aliphatic rings. The SMILES string of the molecule is CCCCCCCCCCCCCCCCOCC(COCCCCCC[n+]1ccsc1)OCC.[Br-]. The third-order valence-corrected chi connectivity index (χ3v) is 7.31. The summed E-state index contributed by atoms with van der Waals surface area (Å²) in [6.07, 6.45) is 26.6. The molecule has 0 aliphatic carbocycles. The molecule has 1 aromatic rings. The van der Waals surface area contributed by atoms with Crippen molar-refractivity contribution in [1.82, 2.24) is 0 Å². The van der Waals surface area contributed by atoms with E-state index in [9.17, 15) is 0 Å². The second kappa shape index (κ2) is 29.5. The molecule has 0 saturated carbocycles. The summed E-state index contributed by atoms with van der Waals surface area (Å²) < 4.78 is 19.8. The molecule has 0 N–H and O–H groups in total. The molecule has 1 unspecified atom stereocenters. The Bertz CT molecular complexity index is 518. The summed E-state index contributed by atoms with van der Waals surface area (Å²) in [4.78, 5) is 0. The molecule has 0 aliphatic heterocycles. The molecular formula is C30H58BrNO3S. The van der Waals surface area contributed by atoms with Crippen molar-refractivity contribution in [2.24, 2.45) is 0 Å². The molecule has 1 heterocycles. The molecule has 0 bridgehead atoms. The van der Waals surface area contributed by atoms with Gasteiger partial charge in [-0.15, -0.1) is 0 Å². The Balaban J connectivity index is 0.0000122. The molecule has 0 radical (unpaired) electrons. The van der Waals surface area contributed by atoms with Crippen LogP contribution < -0.4 is 21.5 Å². The van der Waals surface area contributed by atoms with Gasteiger partial charge >= 0.3 is 0 Å². The van der Waals surface area contributed by atoms with E-state index in [2.05, 4.69) is 28.6 Å². The predicted molar refractivity (Wildman–Crippen MR) is 150 cm³/mol. The highest BCUT2D eigenvalue weighted by Crippen LogP contribution is 2.13. The highest BCUT2D eigenvalue weighted by atomic mass is 79.9. The molecular weight excluding hydrogens is 534 g/mol. The molecule has 0 saturated heterocycles. The molecule has 214 valence electrons. The number of aryl methyl sites for hydroxylation is 1. The molecule has 6 heteroatoms. The first-order valence-electron chi connectivity index (χ1n) is 15.0. The Kier molecular flexibility index (Phi) is 29.5. The van der Waals surface area contributed by atoms with Crippen LogP contribution in [0.1, 0.15) is 129 Å². The van der Waals surface area contributed by atoms with E-state index < -0.39 is 0 Å². The van der Waals surface area contributed by atoms with Gasteiger partial charge in [0.15, 0.2) is 6.20 Å². The number of ether oxygens (including phenoxy) is 3. The van der Waals surface area contributed by atoms with E-state index in [1.165, 1.54) is 109 Å². The van der Waals surface area contributed by atoms with Crippen molar-refractivity contribution < 1.29 is 35.8 Å². The van der Waals surface area contributed by atoms with Gasteiger partial charge in [0, 0.05) is 26.2 Å². The number of thiazole rings is 1. The minimum Gasteiger partial charge on any atom is -1.00 e. The third kappa shape index (κ3) is 24.3. The van der Waals surface area contributed by atoms with Gasteiger partial charge in [-0.2, -0.15) is 4.57 Å². The Morgan fingerprint density at radius 3 is 1.56 bits per heavy atom. The number of aromatic nitrogens is 1. The van der Waals surface area contributed by atoms with Gasteiger partial charge in [0.2, 0.25) is 5.51 Å². The van der Waals surface area contributed by atoms with Crippen molar-refractivity contribution in [2.75, 3.05) is 33.0 Å². The van der Waals surface area contributed by atoms with E-state index in [4.69, 9.17) is 14.2 Å². The van der Waals surface area contributed by atoms with Crippen LogP contribution in [0.2, 0.25) is 0 Å². The second-order valence-corrected chi connectivity index (χ2v) is 10.8. The van der Waals surface area contributed by atoms with E-state index in [0.29, 0.717) is 13.2 Å². The highest BCUT2D eigenvalue weighted by molar-refractivity contribution is 7.07. The van der Waals surface area contributed by atoms with Crippen molar-refractivity contribution in [2.45, 2.75) is 142 Å². The van der Waals surface area contributed by atoms with Crippen molar-refractivity contribution >= 4 is 11.3 Å². The molecule has 0 aromatic carbocycles. The van der Waals surface area contributed by atoms with Crippen LogP contribution in [0.3, 0.4) is 0 Å². The average molecular weight is 593 g/mol. The summed E-state index contributed by atoms with van der Waals surface area (Å²) in [5, 5.41) is 2.13. The van der Waals surface area contributed by atoms with Gasteiger partial charge in [-0.3, -0.25) is 0 Å². The molecule has 36 heavy (non-hydrogen) atoms. The van der Waals surface area contributed by atoms with Gasteiger partial charge in [-0.25, -0.2) is 0 Å². The fraction of sp³-hybridized carbons (Fsp3) is 0.900. The number of rotatable bonds is 28. The summed E-state index contributed by atoms with van der Waals surface area (Å²) in [6.45, 7) is 9.18. The van der Waals surface area contributed by atoms with E-state index in [1.54, 1.807) is 11.3 Å². The standard InChI is InChI=1S/C30H58NO3S.BrH/c1-3-5-6-7-8-9-10-11-12-13-14-15-17-20-24-32-27-30(34-4-2)28-33-25-21-18-16-19-22-31-23-26-35-29-31;/h23,26,29-30H,3-22,24-25,27-28H2,1-2H3;1H/q+1;/p-1. The highest BCUT2D eigenvalue weighted by Gasteiger charge is 2.09. The largest absolute Gasteiger partial charge is 1.00 e. The van der Waals surface area contributed by atoms with E-state index in [-0.39, 0.29) is 23.1 Å². The first kappa shape index (κ1) is 36.0. The lowest BCUT2D eigenvalue weighted by atomic mass is 10.0. The Morgan fingerprint density at radius 1 is 0.639 bits per heavy atom. The molecule has 0 amide bonds. The Hall–Kier alpha value is -0.0100. The number of hydrogen-bond acceptors (Lipinski definition) is 4. The van der Waals surface area contributed by atoms with Gasteiger partial charge in [-0.05, 0) is 26.2 Å². The smallest absolute Gasteiger partial charge is 0.224 e. The van der Waals surface area contributed by atoms with Crippen LogP contribution in [0.25, 0.3) is 0 Å². The average Bonchev–Trinajstić information content (AvgIpc) is 3.39. The van der Waals surface area contributed by atoms with Gasteiger partial charge < -0.3 is 31.2 Å². The molecule has 4 nitrogen and oxygen atoms in total. The van der Waals surface area contributed by atoms with Crippen LogP contribution in [-0.4, -0.2) is 39.1 Å². The van der Waals surface area contributed by atoms with Crippen LogP contribution >= 0.6 is 11.3 Å². The quantitative estimate of drug-likeness (QED) is 0.0949. The first-order chi connectivity index (χ1) is 17.4. The summed E-state index contributed by atoms with van der Waals surface area (Å²) in [5.74, 6) is 0. The second-order valence-electron chi connectivity index (χ2n) is 10.0. The summed E-state index contributed by atoms with van der Waals surface area (Å²) in [7, 11) is 0. The van der Waals surface area contributed by atoms with Crippen LogP contribution in [0, 0.1) is 0 Å². The van der Waals surface area contributed by atoms with Crippen LogP contribution in [0.5, 0.6) is 0 Å². The van der Waals surface area contributed by atoms with E-state index in [1.807, 2.05) is 6.92 Å². The van der Waals surface area contributed by atoms with Crippen LogP contribution in [0.15, 0.2) is 17.1 Å². The minimum absolute atomic E-state index is 0. The lowest BCUT2D eigenvalue weighted by molar-refractivity contribution is -0.692. The summed E-state index contributed by atoms with van der Waals surface area (Å²) >= 11 is 1.76. The number of unbranched alkanes of at least 4 members (excludes halogenated alkanes) is 16. The van der Waals surface area contributed by atoms with E-state index in [0.717, 1.165) is 32.8 Å². The maximum Gasteiger partial charge on any atom is 0.224 e. The first-order valence-corrected chi connectivity index (χ1v) is 16.0. The molecule has 0 fully saturated rings. The minimum atomic E-state index is 0. The lowest BCUT2D eigenvalue weighted by Gasteiger charge is -2.17. The fourth-order valence-electron chi connectivity index (χ4n) is 4.45. The maximum atomic E-state index is 5.89. The maximum absolute atomic E-state index is 5.89. The molecule has 1 aromatic heterocycles. The normalized spacial score (nSPS) is 12.1.